The van der Waals surface area contributed by atoms with Crippen molar-refractivity contribution in [1.29, 1.82) is 0 Å². The third kappa shape index (κ3) is 2.62. The van der Waals surface area contributed by atoms with E-state index in [1.807, 2.05) is 10.6 Å². The minimum absolute atomic E-state index is 0.402. The lowest BCUT2D eigenvalue weighted by molar-refractivity contribution is 0.397. The zero-order chi connectivity index (χ0) is 15.0. The Bertz CT molecular complexity index is 799. The van der Waals surface area contributed by atoms with Crippen LogP contribution in [0.25, 0.3) is 11.0 Å². The van der Waals surface area contributed by atoms with E-state index in [1.165, 1.54) is 0 Å². The molecule has 0 unspecified atom stereocenters. The number of halogens is 2. The second-order valence-corrected chi connectivity index (χ2v) is 5.33. The van der Waals surface area contributed by atoms with Crippen LogP contribution in [0.2, 0.25) is 10.0 Å². The molecule has 3 aromatic rings. The highest BCUT2D eigenvalue weighted by atomic mass is 35.5. The van der Waals surface area contributed by atoms with Crippen LogP contribution < -0.4 is 10.5 Å². The number of nitrogen functional groups attached to an aromatic ring is 1. The van der Waals surface area contributed by atoms with Gasteiger partial charge in [0.05, 0.1) is 34.7 Å². The third-order valence-electron chi connectivity index (χ3n) is 3.17. The number of fused-ring (bicyclic) bond motifs is 1. The summed E-state index contributed by atoms with van der Waals surface area (Å²) in [6.45, 7) is 0.539. The molecule has 1 aromatic carbocycles. The molecule has 108 valence electrons. The molecule has 2 aromatic heterocycles. The van der Waals surface area contributed by atoms with E-state index in [2.05, 4.69) is 9.97 Å². The van der Waals surface area contributed by atoms with Gasteiger partial charge >= 0.3 is 0 Å². The number of pyridine rings is 1. The molecule has 0 aliphatic heterocycles. The van der Waals surface area contributed by atoms with Crippen molar-refractivity contribution in [3.05, 3.63) is 46.1 Å². The topological polar surface area (TPSA) is 66.0 Å². The summed E-state index contributed by atoms with van der Waals surface area (Å²) in [6.07, 6.45) is 1.74. The van der Waals surface area contributed by atoms with Crippen molar-refractivity contribution in [2.75, 3.05) is 12.8 Å². The predicted molar refractivity (Wildman–Crippen MR) is 84.1 cm³/mol. The maximum atomic E-state index is 6.07. The Morgan fingerprint density at radius 2 is 2.00 bits per heavy atom. The number of hydrogen-bond acceptors (Lipinski definition) is 4. The molecule has 0 spiro atoms. The van der Waals surface area contributed by atoms with Gasteiger partial charge in [0.25, 0.3) is 0 Å². The van der Waals surface area contributed by atoms with Crippen LogP contribution in [0.5, 0.6) is 5.88 Å². The zero-order valence-corrected chi connectivity index (χ0v) is 12.7. The molecule has 2 heterocycles. The standard InChI is InChI=1S/C14H12Cl2N4O/c1-21-13-3-2-8(6-18-13)7-20-12-5-10(16)9(15)4-11(12)19-14(20)17/h2-6H,7H2,1H3,(H2,17,19). The molecule has 0 saturated carbocycles. The van der Waals surface area contributed by atoms with Gasteiger partial charge in [0.1, 0.15) is 0 Å². The summed E-state index contributed by atoms with van der Waals surface area (Å²) in [7, 11) is 1.58. The molecule has 2 N–H and O–H groups in total. The molecule has 3 rings (SSSR count). The van der Waals surface area contributed by atoms with Crippen molar-refractivity contribution in [3.8, 4) is 5.88 Å². The number of rotatable bonds is 3. The molecule has 5 nitrogen and oxygen atoms in total. The van der Waals surface area contributed by atoms with Gasteiger partial charge in [-0.25, -0.2) is 9.97 Å². The quantitative estimate of drug-likeness (QED) is 0.802. The highest BCUT2D eigenvalue weighted by Gasteiger charge is 2.11. The monoisotopic (exact) mass is 322 g/mol. The largest absolute Gasteiger partial charge is 0.481 e. The fourth-order valence-electron chi connectivity index (χ4n) is 2.11. The van der Waals surface area contributed by atoms with E-state index >= 15 is 0 Å². The van der Waals surface area contributed by atoms with Gasteiger partial charge in [-0.15, -0.1) is 0 Å². The van der Waals surface area contributed by atoms with E-state index in [-0.39, 0.29) is 0 Å². The number of nitrogens with two attached hydrogens (primary N) is 1. The molecule has 21 heavy (non-hydrogen) atoms. The summed E-state index contributed by atoms with van der Waals surface area (Å²) < 4.78 is 6.90. The molecule has 0 aliphatic carbocycles. The fraction of sp³-hybridized carbons (Fsp3) is 0.143. The summed E-state index contributed by atoms with van der Waals surface area (Å²) in [5.41, 5.74) is 8.50. The van der Waals surface area contributed by atoms with Gasteiger partial charge in [-0.2, -0.15) is 0 Å². The SMILES string of the molecule is COc1ccc(Cn2c(N)nc3cc(Cl)c(Cl)cc32)cn1. The van der Waals surface area contributed by atoms with Crippen molar-refractivity contribution < 1.29 is 4.74 Å². The van der Waals surface area contributed by atoms with Gasteiger partial charge in [-0.05, 0) is 17.7 Å². The maximum absolute atomic E-state index is 6.07. The van der Waals surface area contributed by atoms with E-state index in [4.69, 9.17) is 33.7 Å². The van der Waals surface area contributed by atoms with Crippen molar-refractivity contribution >= 4 is 40.2 Å². The van der Waals surface area contributed by atoms with Crippen LogP contribution in [0.4, 0.5) is 5.95 Å². The van der Waals surface area contributed by atoms with Gasteiger partial charge in [-0.3, -0.25) is 0 Å². The number of anilines is 1. The van der Waals surface area contributed by atoms with Crippen molar-refractivity contribution in [1.82, 2.24) is 14.5 Å². The average Bonchev–Trinajstić information content (AvgIpc) is 2.76. The van der Waals surface area contributed by atoms with Crippen LogP contribution in [0.15, 0.2) is 30.5 Å². The van der Waals surface area contributed by atoms with Crippen LogP contribution in [-0.4, -0.2) is 21.6 Å². The second-order valence-electron chi connectivity index (χ2n) is 4.52. The summed E-state index contributed by atoms with van der Waals surface area (Å²) >= 11 is 12.1. The fourth-order valence-corrected chi connectivity index (χ4v) is 2.43. The average molecular weight is 323 g/mol. The van der Waals surface area contributed by atoms with Crippen molar-refractivity contribution in [3.63, 3.8) is 0 Å². The summed E-state index contributed by atoms with van der Waals surface area (Å²) in [4.78, 5) is 8.47. The van der Waals surface area contributed by atoms with Crippen molar-refractivity contribution in [2.24, 2.45) is 0 Å². The molecule has 7 heteroatoms. The lowest BCUT2D eigenvalue weighted by atomic mass is 10.2. The van der Waals surface area contributed by atoms with Crippen LogP contribution in [0.3, 0.4) is 0 Å². The number of imidazole rings is 1. The number of hydrogen-bond donors (Lipinski definition) is 1. The predicted octanol–water partition coefficient (Wildman–Crippen LogP) is 3.38. The van der Waals surface area contributed by atoms with E-state index in [0.29, 0.717) is 33.9 Å². The third-order valence-corrected chi connectivity index (χ3v) is 3.89. The van der Waals surface area contributed by atoms with E-state index in [0.717, 1.165) is 11.1 Å². The van der Waals surface area contributed by atoms with Crippen LogP contribution in [0.1, 0.15) is 5.56 Å². The number of methoxy groups -OCH3 is 1. The first-order valence-electron chi connectivity index (χ1n) is 6.18. The Hall–Kier alpha value is -1.98. The first-order valence-corrected chi connectivity index (χ1v) is 6.94. The minimum atomic E-state index is 0.402. The minimum Gasteiger partial charge on any atom is -0.481 e. The Morgan fingerprint density at radius 1 is 1.24 bits per heavy atom. The Morgan fingerprint density at radius 3 is 2.67 bits per heavy atom. The molecule has 0 radical (unpaired) electrons. The lowest BCUT2D eigenvalue weighted by Crippen LogP contribution is -2.05. The normalized spacial score (nSPS) is 11.0. The molecular weight excluding hydrogens is 311 g/mol. The van der Waals surface area contributed by atoms with Gasteiger partial charge < -0.3 is 15.0 Å². The van der Waals surface area contributed by atoms with Gasteiger partial charge in [0, 0.05) is 12.3 Å². The number of ether oxygens (including phenoxy) is 1. The molecular formula is C14H12Cl2N4O. The smallest absolute Gasteiger partial charge is 0.212 e. The molecule has 0 aliphatic rings. The van der Waals surface area contributed by atoms with Crippen LogP contribution >= 0.6 is 23.2 Å². The molecule has 0 saturated heterocycles. The van der Waals surface area contributed by atoms with E-state index in [1.54, 1.807) is 31.5 Å². The number of aromatic nitrogens is 3. The maximum Gasteiger partial charge on any atom is 0.212 e. The molecule has 0 fully saturated rings. The number of nitrogens with zero attached hydrogens (tertiary/aromatic N) is 3. The Kier molecular flexibility index (Phi) is 3.61. The van der Waals surface area contributed by atoms with Gasteiger partial charge in [0.15, 0.2) is 0 Å². The van der Waals surface area contributed by atoms with Crippen molar-refractivity contribution in [2.45, 2.75) is 6.54 Å². The zero-order valence-electron chi connectivity index (χ0n) is 11.2. The Balaban J connectivity index is 2.03. The van der Waals surface area contributed by atoms with E-state index < -0.39 is 0 Å². The summed E-state index contributed by atoms with van der Waals surface area (Å²) in [5, 5.41) is 0.929. The first kappa shape index (κ1) is 14.0. The van der Waals surface area contributed by atoms with Gasteiger partial charge in [0.2, 0.25) is 11.8 Å². The van der Waals surface area contributed by atoms with Crippen LogP contribution in [-0.2, 0) is 6.54 Å². The molecule has 0 atom stereocenters. The summed E-state index contributed by atoms with van der Waals surface area (Å²) in [6, 6.07) is 7.20. The second kappa shape index (κ2) is 5.42. The van der Waals surface area contributed by atoms with E-state index in [9.17, 15) is 0 Å². The highest BCUT2D eigenvalue weighted by molar-refractivity contribution is 6.42. The summed E-state index contributed by atoms with van der Waals surface area (Å²) in [5.74, 6) is 0.969. The Labute approximate surface area is 131 Å². The first-order chi connectivity index (χ1) is 10.1. The van der Waals surface area contributed by atoms with Gasteiger partial charge in [-0.1, -0.05) is 29.3 Å². The highest BCUT2D eigenvalue weighted by Crippen LogP contribution is 2.29. The molecule has 0 amide bonds. The van der Waals surface area contributed by atoms with Crippen LogP contribution in [0, 0.1) is 0 Å². The number of benzene rings is 1. The lowest BCUT2D eigenvalue weighted by Gasteiger charge is -2.07. The molecule has 0 bridgehead atoms.